The molecule has 1 aromatic heterocycles. The maximum atomic E-state index is 13.1. The van der Waals surface area contributed by atoms with E-state index in [1.54, 1.807) is 12.1 Å². The summed E-state index contributed by atoms with van der Waals surface area (Å²) in [4.78, 5) is 4.34. The van der Waals surface area contributed by atoms with E-state index in [1.165, 1.54) is 18.6 Å². The molecule has 1 atom stereocenters. The van der Waals surface area contributed by atoms with Crippen molar-refractivity contribution in [1.29, 1.82) is 0 Å². The van der Waals surface area contributed by atoms with Crippen LogP contribution in [0.25, 0.3) is 11.4 Å². The van der Waals surface area contributed by atoms with Gasteiger partial charge >= 0.3 is 0 Å². The zero-order valence-electron chi connectivity index (χ0n) is 9.90. The van der Waals surface area contributed by atoms with Crippen LogP contribution in [0.4, 0.5) is 4.39 Å². The Labute approximate surface area is 104 Å². The van der Waals surface area contributed by atoms with Crippen molar-refractivity contribution < 1.29 is 8.91 Å². The van der Waals surface area contributed by atoms with Gasteiger partial charge < -0.3 is 9.84 Å². The Balaban J connectivity index is 1.84. The molecule has 3 rings (SSSR count). The van der Waals surface area contributed by atoms with E-state index in [9.17, 15) is 4.39 Å². The third kappa shape index (κ3) is 2.26. The maximum absolute atomic E-state index is 13.1. The minimum Gasteiger partial charge on any atom is -0.337 e. The van der Waals surface area contributed by atoms with Crippen LogP contribution in [0.3, 0.4) is 0 Å². The summed E-state index contributed by atoms with van der Waals surface area (Å²) in [6.07, 6.45) is 3.35. The fourth-order valence-corrected chi connectivity index (χ4v) is 2.18. The summed E-state index contributed by atoms with van der Waals surface area (Å²) in [5, 5.41) is 7.25. The molecule has 0 bridgehead atoms. The molecule has 0 aliphatic carbocycles. The topological polar surface area (TPSA) is 51.0 Å². The minimum atomic E-state index is -0.297. The van der Waals surface area contributed by atoms with E-state index in [0.717, 1.165) is 19.4 Å². The summed E-state index contributed by atoms with van der Waals surface area (Å²) in [6, 6.07) is 6.34. The molecular weight excluding hydrogens is 233 g/mol. The van der Waals surface area contributed by atoms with Gasteiger partial charge in [-0.2, -0.15) is 4.98 Å². The van der Waals surface area contributed by atoms with Crippen LogP contribution < -0.4 is 5.32 Å². The molecule has 1 saturated heterocycles. The van der Waals surface area contributed by atoms with Gasteiger partial charge in [0.25, 0.3) is 0 Å². The van der Waals surface area contributed by atoms with E-state index in [-0.39, 0.29) is 11.9 Å². The summed E-state index contributed by atoms with van der Waals surface area (Å²) in [5.74, 6) is 0.737. The highest BCUT2D eigenvalue weighted by atomic mass is 19.1. The van der Waals surface area contributed by atoms with Crippen LogP contribution in [0, 0.1) is 5.82 Å². The molecule has 0 unspecified atom stereocenters. The van der Waals surface area contributed by atoms with Crippen molar-refractivity contribution in [2.45, 2.75) is 25.3 Å². The third-order valence-corrected chi connectivity index (χ3v) is 3.13. The van der Waals surface area contributed by atoms with Crippen LogP contribution >= 0.6 is 0 Å². The first-order valence-electron chi connectivity index (χ1n) is 6.16. The van der Waals surface area contributed by atoms with Gasteiger partial charge in [0.1, 0.15) is 5.82 Å². The molecule has 0 radical (unpaired) electrons. The SMILES string of the molecule is Fc1cccc(-c2noc([C@@H]3CCCCN3)n2)c1. The van der Waals surface area contributed by atoms with Crippen molar-refractivity contribution in [3.8, 4) is 11.4 Å². The quantitative estimate of drug-likeness (QED) is 0.886. The molecule has 18 heavy (non-hydrogen) atoms. The maximum Gasteiger partial charge on any atom is 0.244 e. The standard InChI is InChI=1S/C13H14FN3O/c14-10-5-3-4-9(8-10)12-16-13(18-17-12)11-6-1-2-7-15-11/h3-5,8,11,15H,1-2,6-7H2/t11-/m0/s1. The second-order valence-corrected chi connectivity index (χ2v) is 4.47. The molecule has 2 aromatic rings. The number of hydrogen-bond acceptors (Lipinski definition) is 4. The Kier molecular flexibility index (Phi) is 3.06. The normalized spacial score (nSPS) is 19.9. The first kappa shape index (κ1) is 11.3. The van der Waals surface area contributed by atoms with Crippen molar-refractivity contribution in [2.75, 3.05) is 6.54 Å². The molecule has 0 spiro atoms. The predicted octanol–water partition coefficient (Wildman–Crippen LogP) is 2.69. The lowest BCUT2D eigenvalue weighted by Gasteiger charge is -2.19. The van der Waals surface area contributed by atoms with Gasteiger partial charge in [0.05, 0.1) is 6.04 Å². The molecule has 2 heterocycles. The smallest absolute Gasteiger partial charge is 0.244 e. The number of hydrogen-bond donors (Lipinski definition) is 1. The molecule has 94 valence electrons. The fourth-order valence-electron chi connectivity index (χ4n) is 2.18. The van der Waals surface area contributed by atoms with E-state index < -0.39 is 0 Å². The lowest BCUT2D eigenvalue weighted by molar-refractivity contribution is 0.297. The Morgan fingerprint density at radius 2 is 2.28 bits per heavy atom. The molecule has 5 heteroatoms. The van der Waals surface area contributed by atoms with E-state index in [2.05, 4.69) is 15.5 Å². The predicted molar refractivity (Wildman–Crippen MR) is 64.3 cm³/mol. The average molecular weight is 247 g/mol. The monoisotopic (exact) mass is 247 g/mol. The van der Waals surface area contributed by atoms with Gasteiger partial charge in [0, 0.05) is 5.56 Å². The van der Waals surface area contributed by atoms with Gasteiger partial charge in [0.15, 0.2) is 0 Å². The number of nitrogens with one attached hydrogen (secondary N) is 1. The molecule has 1 aromatic carbocycles. The molecule has 1 fully saturated rings. The summed E-state index contributed by atoms with van der Waals surface area (Å²) in [7, 11) is 0. The number of benzene rings is 1. The van der Waals surface area contributed by atoms with Crippen LogP contribution in [-0.4, -0.2) is 16.7 Å². The molecular formula is C13H14FN3O. The lowest BCUT2D eigenvalue weighted by Crippen LogP contribution is -2.26. The highest BCUT2D eigenvalue weighted by Gasteiger charge is 2.21. The van der Waals surface area contributed by atoms with E-state index >= 15 is 0 Å². The zero-order valence-corrected chi connectivity index (χ0v) is 9.90. The number of piperidine rings is 1. The van der Waals surface area contributed by atoms with E-state index in [0.29, 0.717) is 17.3 Å². The molecule has 0 amide bonds. The summed E-state index contributed by atoms with van der Waals surface area (Å²) in [6.45, 7) is 0.975. The number of rotatable bonds is 2. The number of aromatic nitrogens is 2. The largest absolute Gasteiger partial charge is 0.337 e. The van der Waals surface area contributed by atoms with Crippen LogP contribution in [0.5, 0.6) is 0 Å². The molecule has 1 N–H and O–H groups in total. The third-order valence-electron chi connectivity index (χ3n) is 3.13. The first-order valence-corrected chi connectivity index (χ1v) is 6.16. The Morgan fingerprint density at radius 3 is 3.06 bits per heavy atom. The first-order chi connectivity index (χ1) is 8.83. The Hall–Kier alpha value is -1.75. The zero-order chi connectivity index (χ0) is 12.4. The van der Waals surface area contributed by atoms with Crippen LogP contribution in [-0.2, 0) is 0 Å². The second-order valence-electron chi connectivity index (χ2n) is 4.47. The molecule has 1 aliphatic rings. The van der Waals surface area contributed by atoms with Gasteiger partial charge in [-0.05, 0) is 31.5 Å². The highest BCUT2D eigenvalue weighted by Crippen LogP contribution is 2.24. The van der Waals surface area contributed by atoms with E-state index in [4.69, 9.17) is 4.52 Å². The minimum absolute atomic E-state index is 0.133. The molecule has 4 nitrogen and oxygen atoms in total. The van der Waals surface area contributed by atoms with Crippen molar-refractivity contribution in [2.24, 2.45) is 0 Å². The Bertz CT molecular complexity index is 535. The van der Waals surface area contributed by atoms with Crippen molar-refractivity contribution in [1.82, 2.24) is 15.5 Å². The van der Waals surface area contributed by atoms with Crippen LogP contribution in [0.1, 0.15) is 31.2 Å². The van der Waals surface area contributed by atoms with Gasteiger partial charge in [-0.15, -0.1) is 0 Å². The Morgan fingerprint density at radius 1 is 1.33 bits per heavy atom. The van der Waals surface area contributed by atoms with Crippen molar-refractivity contribution in [3.05, 3.63) is 36.0 Å². The van der Waals surface area contributed by atoms with Crippen LogP contribution in [0.2, 0.25) is 0 Å². The van der Waals surface area contributed by atoms with E-state index in [1.807, 2.05) is 0 Å². The number of nitrogens with zero attached hydrogens (tertiary/aromatic N) is 2. The van der Waals surface area contributed by atoms with Gasteiger partial charge in [0.2, 0.25) is 11.7 Å². The van der Waals surface area contributed by atoms with Gasteiger partial charge in [-0.3, -0.25) is 0 Å². The highest BCUT2D eigenvalue weighted by molar-refractivity contribution is 5.53. The number of halogens is 1. The van der Waals surface area contributed by atoms with Gasteiger partial charge in [-0.1, -0.05) is 23.7 Å². The molecule has 0 saturated carbocycles. The van der Waals surface area contributed by atoms with Crippen molar-refractivity contribution >= 4 is 0 Å². The average Bonchev–Trinajstić information content (AvgIpc) is 2.89. The molecule has 1 aliphatic heterocycles. The second kappa shape index (κ2) is 4.86. The van der Waals surface area contributed by atoms with Crippen molar-refractivity contribution in [3.63, 3.8) is 0 Å². The summed E-state index contributed by atoms with van der Waals surface area (Å²) >= 11 is 0. The fraction of sp³-hybridized carbons (Fsp3) is 0.385. The van der Waals surface area contributed by atoms with Gasteiger partial charge in [-0.25, -0.2) is 4.39 Å². The lowest BCUT2D eigenvalue weighted by atomic mass is 10.1. The summed E-state index contributed by atoms with van der Waals surface area (Å²) < 4.78 is 18.4. The van der Waals surface area contributed by atoms with Crippen LogP contribution in [0.15, 0.2) is 28.8 Å². The summed E-state index contributed by atoms with van der Waals surface area (Å²) in [5.41, 5.74) is 0.640.